The third-order valence-corrected chi connectivity index (χ3v) is 3.04. The summed E-state index contributed by atoms with van der Waals surface area (Å²) in [5, 5.41) is 8.37. The predicted octanol–water partition coefficient (Wildman–Crippen LogP) is 3.85. The summed E-state index contributed by atoms with van der Waals surface area (Å²) in [6.45, 7) is 14.7. The Morgan fingerprint density at radius 1 is 1.10 bits per heavy atom. The number of aryl methyl sites for hydroxylation is 1. The minimum atomic E-state index is -0.0804. The lowest BCUT2D eigenvalue weighted by molar-refractivity contribution is -0.00128. The Bertz CT molecular complexity index is 385. The molecule has 1 aromatic heterocycles. The maximum Gasteiger partial charge on any atom is 0.0850 e. The van der Waals surface area contributed by atoms with Gasteiger partial charge in [-0.25, -0.2) is 0 Å². The van der Waals surface area contributed by atoms with Gasteiger partial charge in [-0.15, -0.1) is 5.10 Å². The zero-order valence-corrected chi connectivity index (χ0v) is 14.1. The van der Waals surface area contributed by atoms with Crippen molar-refractivity contribution >= 4 is 0 Å². The zero-order chi connectivity index (χ0) is 15.2. The smallest absolute Gasteiger partial charge is 0.0850 e. The quantitative estimate of drug-likeness (QED) is 0.713. The number of ether oxygens (including phenoxy) is 1. The highest BCUT2D eigenvalue weighted by atomic mass is 16.5. The number of rotatable bonds is 7. The molecule has 0 saturated heterocycles. The van der Waals surface area contributed by atoms with Crippen LogP contribution in [0.25, 0.3) is 0 Å². The van der Waals surface area contributed by atoms with Crippen LogP contribution in [0.1, 0.15) is 66.5 Å². The summed E-state index contributed by atoms with van der Waals surface area (Å²) in [7, 11) is 0. The lowest BCUT2D eigenvalue weighted by Gasteiger charge is -2.18. The topological polar surface area (TPSA) is 39.9 Å². The Kier molecular flexibility index (Phi) is 6.18. The highest BCUT2D eigenvalue weighted by molar-refractivity contribution is 4.92. The molecule has 0 bridgehead atoms. The Balaban J connectivity index is 2.22. The first-order valence-corrected chi connectivity index (χ1v) is 7.69. The van der Waals surface area contributed by atoms with E-state index in [9.17, 15) is 0 Å². The summed E-state index contributed by atoms with van der Waals surface area (Å²) < 4.78 is 7.65. The van der Waals surface area contributed by atoms with Gasteiger partial charge in [-0.05, 0) is 39.0 Å². The molecule has 1 rings (SSSR count). The maximum absolute atomic E-state index is 5.70. The molecule has 4 nitrogen and oxygen atoms in total. The first kappa shape index (κ1) is 17.2. The fourth-order valence-corrected chi connectivity index (χ4v) is 1.95. The van der Waals surface area contributed by atoms with E-state index in [0.717, 1.165) is 18.7 Å². The van der Waals surface area contributed by atoms with E-state index in [1.807, 2.05) is 10.9 Å². The van der Waals surface area contributed by atoms with E-state index < -0.39 is 0 Å². The predicted molar refractivity (Wildman–Crippen MR) is 82.7 cm³/mol. The molecule has 0 fully saturated rings. The summed E-state index contributed by atoms with van der Waals surface area (Å²) in [4.78, 5) is 0. The fraction of sp³-hybridized carbons (Fsp3) is 0.875. The van der Waals surface area contributed by atoms with Crippen molar-refractivity contribution in [1.29, 1.82) is 0 Å². The molecule has 0 unspecified atom stereocenters. The molecular formula is C16H31N3O. The second-order valence-electron chi connectivity index (χ2n) is 7.70. The average molecular weight is 281 g/mol. The van der Waals surface area contributed by atoms with Gasteiger partial charge in [-0.3, -0.25) is 4.68 Å². The molecule has 1 heterocycles. The summed E-state index contributed by atoms with van der Waals surface area (Å²) in [6.07, 6.45) is 6.54. The van der Waals surface area contributed by atoms with Gasteiger partial charge in [0, 0.05) is 19.2 Å². The number of unbranched alkanes of at least 4 members (excludes halogenated alkanes) is 1. The molecule has 0 saturated carbocycles. The molecule has 20 heavy (non-hydrogen) atoms. The van der Waals surface area contributed by atoms with Crippen molar-refractivity contribution in [3.63, 3.8) is 0 Å². The van der Waals surface area contributed by atoms with Crippen LogP contribution in [-0.2, 0) is 17.7 Å². The van der Waals surface area contributed by atoms with Gasteiger partial charge in [0.1, 0.15) is 0 Å². The number of hydrogen-bond donors (Lipinski definition) is 0. The van der Waals surface area contributed by atoms with Gasteiger partial charge < -0.3 is 4.74 Å². The van der Waals surface area contributed by atoms with Crippen LogP contribution >= 0.6 is 0 Å². The van der Waals surface area contributed by atoms with Crippen molar-refractivity contribution in [2.24, 2.45) is 5.41 Å². The summed E-state index contributed by atoms with van der Waals surface area (Å²) >= 11 is 0. The summed E-state index contributed by atoms with van der Waals surface area (Å²) in [5.74, 6) is 0. The maximum atomic E-state index is 5.70. The molecule has 0 radical (unpaired) electrons. The molecular weight excluding hydrogens is 250 g/mol. The van der Waals surface area contributed by atoms with Gasteiger partial charge in [0.2, 0.25) is 0 Å². The van der Waals surface area contributed by atoms with Crippen LogP contribution in [-0.4, -0.2) is 27.2 Å². The van der Waals surface area contributed by atoms with Crippen LogP contribution in [0, 0.1) is 5.41 Å². The largest absolute Gasteiger partial charge is 0.375 e. The molecule has 0 aliphatic carbocycles. The van der Waals surface area contributed by atoms with Gasteiger partial charge in [0.15, 0.2) is 0 Å². The van der Waals surface area contributed by atoms with Gasteiger partial charge in [-0.1, -0.05) is 32.4 Å². The highest BCUT2D eigenvalue weighted by Crippen LogP contribution is 2.21. The molecule has 4 heteroatoms. The van der Waals surface area contributed by atoms with E-state index in [1.165, 1.54) is 19.3 Å². The highest BCUT2D eigenvalue weighted by Gasteiger charge is 2.11. The van der Waals surface area contributed by atoms with E-state index in [1.54, 1.807) is 0 Å². The fourth-order valence-electron chi connectivity index (χ4n) is 1.95. The van der Waals surface area contributed by atoms with E-state index >= 15 is 0 Å². The number of nitrogens with zero attached hydrogens (tertiary/aromatic N) is 3. The molecule has 116 valence electrons. The van der Waals surface area contributed by atoms with E-state index in [4.69, 9.17) is 4.74 Å². The van der Waals surface area contributed by atoms with Crippen molar-refractivity contribution in [3.05, 3.63) is 11.9 Å². The molecule has 0 aromatic carbocycles. The standard InChI is InChI=1S/C16H31N3O/c1-15(2,3)10-7-8-11-19-13-14(17-18-19)9-12-20-16(4,5)6/h13H,7-12H2,1-6H3. The van der Waals surface area contributed by atoms with Crippen LogP contribution < -0.4 is 0 Å². The van der Waals surface area contributed by atoms with Crippen LogP contribution in [0.4, 0.5) is 0 Å². The molecule has 0 aliphatic heterocycles. The average Bonchev–Trinajstić information content (AvgIpc) is 2.69. The minimum Gasteiger partial charge on any atom is -0.375 e. The molecule has 1 aromatic rings. The zero-order valence-electron chi connectivity index (χ0n) is 14.1. The van der Waals surface area contributed by atoms with Gasteiger partial charge in [-0.2, -0.15) is 0 Å². The van der Waals surface area contributed by atoms with Crippen molar-refractivity contribution in [3.8, 4) is 0 Å². The Morgan fingerprint density at radius 3 is 2.40 bits per heavy atom. The Morgan fingerprint density at radius 2 is 1.80 bits per heavy atom. The van der Waals surface area contributed by atoms with Gasteiger partial charge in [0.25, 0.3) is 0 Å². The normalized spacial score (nSPS) is 12.9. The third kappa shape index (κ3) is 8.31. The third-order valence-electron chi connectivity index (χ3n) is 3.04. The van der Waals surface area contributed by atoms with Crippen molar-refractivity contribution in [2.45, 2.75) is 79.4 Å². The van der Waals surface area contributed by atoms with Gasteiger partial charge >= 0.3 is 0 Å². The van der Waals surface area contributed by atoms with Crippen molar-refractivity contribution in [1.82, 2.24) is 15.0 Å². The molecule has 0 amide bonds. The van der Waals surface area contributed by atoms with Crippen molar-refractivity contribution < 1.29 is 4.74 Å². The van der Waals surface area contributed by atoms with Crippen LogP contribution in [0.15, 0.2) is 6.20 Å². The SMILES string of the molecule is CC(C)(C)CCCCn1cc(CCOC(C)(C)C)nn1. The van der Waals surface area contributed by atoms with Crippen LogP contribution in [0.5, 0.6) is 0 Å². The molecule has 0 spiro atoms. The van der Waals surface area contributed by atoms with Gasteiger partial charge in [0.05, 0.1) is 17.9 Å². The summed E-state index contributed by atoms with van der Waals surface area (Å²) in [5.41, 5.74) is 1.37. The molecule has 0 atom stereocenters. The minimum absolute atomic E-state index is 0.0804. The molecule has 0 N–H and O–H groups in total. The van der Waals surface area contributed by atoms with E-state index in [0.29, 0.717) is 12.0 Å². The second-order valence-corrected chi connectivity index (χ2v) is 7.70. The first-order chi connectivity index (χ1) is 9.16. The Hall–Kier alpha value is -0.900. The monoisotopic (exact) mass is 281 g/mol. The lowest BCUT2D eigenvalue weighted by Crippen LogP contribution is -2.20. The molecule has 0 aliphatic rings. The summed E-state index contributed by atoms with van der Waals surface area (Å²) in [6, 6.07) is 0. The van der Waals surface area contributed by atoms with Crippen LogP contribution in [0.3, 0.4) is 0 Å². The number of hydrogen-bond acceptors (Lipinski definition) is 3. The van der Waals surface area contributed by atoms with Crippen LogP contribution in [0.2, 0.25) is 0 Å². The lowest BCUT2D eigenvalue weighted by atomic mass is 9.90. The van der Waals surface area contributed by atoms with E-state index in [-0.39, 0.29) is 5.60 Å². The van der Waals surface area contributed by atoms with Crippen molar-refractivity contribution in [2.75, 3.05) is 6.61 Å². The van der Waals surface area contributed by atoms with E-state index in [2.05, 4.69) is 51.9 Å². The second kappa shape index (κ2) is 7.21. The number of aromatic nitrogens is 3. The Labute approximate surface area is 123 Å². The first-order valence-electron chi connectivity index (χ1n) is 7.69.